The van der Waals surface area contributed by atoms with E-state index in [-0.39, 0.29) is 11.4 Å². The average Bonchev–Trinajstić information content (AvgIpc) is 2.79. The van der Waals surface area contributed by atoms with Crippen LogP contribution in [0.25, 0.3) is 5.69 Å². The van der Waals surface area contributed by atoms with Crippen molar-refractivity contribution >= 4 is 11.7 Å². The number of aryl methyl sites for hydroxylation is 1. The van der Waals surface area contributed by atoms with Crippen molar-refractivity contribution in [2.45, 2.75) is 6.92 Å². The van der Waals surface area contributed by atoms with E-state index in [9.17, 15) is 4.79 Å². The van der Waals surface area contributed by atoms with Crippen LogP contribution in [0.4, 0.5) is 5.69 Å². The predicted molar refractivity (Wildman–Crippen MR) is 68.8 cm³/mol. The summed E-state index contributed by atoms with van der Waals surface area (Å²) in [6, 6.07) is 7.40. The van der Waals surface area contributed by atoms with Gasteiger partial charge in [0, 0.05) is 0 Å². The predicted octanol–water partition coefficient (Wildman–Crippen LogP) is 1.42. The third-order valence-corrected chi connectivity index (χ3v) is 2.71. The van der Waals surface area contributed by atoms with Gasteiger partial charge in [-0.2, -0.15) is 10.4 Å². The Morgan fingerprint density at radius 1 is 1.53 bits per heavy atom. The molecule has 2 N–H and O–H groups in total. The molecule has 6 heteroatoms. The summed E-state index contributed by atoms with van der Waals surface area (Å²) in [6.45, 7) is 1.85. The first-order valence-electron chi connectivity index (χ1n) is 5.52. The van der Waals surface area contributed by atoms with Crippen LogP contribution in [-0.2, 0) is 4.74 Å². The van der Waals surface area contributed by atoms with Crippen LogP contribution in [0.5, 0.6) is 0 Å². The lowest BCUT2D eigenvalue weighted by Gasteiger charge is -2.07. The summed E-state index contributed by atoms with van der Waals surface area (Å²) >= 11 is 0. The number of esters is 1. The number of carbonyl (C=O) groups excluding carboxylic acids is 1. The molecule has 2 rings (SSSR count). The maximum Gasteiger partial charge on any atom is 0.360 e. The van der Waals surface area contributed by atoms with Crippen molar-refractivity contribution in [3.63, 3.8) is 0 Å². The number of aromatic nitrogens is 2. The van der Waals surface area contributed by atoms with Crippen molar-refractivity contribution < 1.29 is 9.53 Å². The van der Waals surface area contributed by atoms with Crippen molar-refractivity contribution in [1.82, 2.24) is 9.78 Å². The van der Waals surface area contributed by atoms with E-state index in [2.05, 4.69) is 15.9 Å². The molecule has 0 atom stereocenters. The molecule has 2 aromatic rings. The van der Waals surface area contributed by atoms with E-state index in [0.29, 0.717) is 11.3 Å². The van der Waals surface area contributed by atoms with E-state index in [1.54, 1.807) is 12.1 Å². The fourth-order valence-corrected chi connectivity index (χ4v) is 1.81. The zero-order valence-corrected chi connectivity index (χ0v) is 10.5. The van der Waals surface area contributed by atoms with Gasteiger partial charge in [0.2, 0.25) is 0 Å². The largest absolute Gasteiger partial charge is 0.464 e. The van der Waals surface area contributed by atoms with Crippen molar-refractivity contribution in [2.75, 3.05) is 12.8 Å². The Morgan fingerprint density at radius 3 is 2.89 bits per heavy atom. The van der Waals surface area contributed by atoms with Crippen LogP contribution in [0, 0.1) is 18.3 Å². The number of hydrogen-bond acceptors (Lipinski definition) is 5. The van der Waals surface area contributed by atoms with Crippen molar-refractivity contribution in [2.24, 2.45) is 0 Å². The third-order valence-electron chi connectivity index (χ3n) is 2.71. The van der Waals surface area contributed by atoms with Gasteiger partial charge in [0.25, 0.3) is 0 Å². The van der Waals surface area contributed by atoms with Crippen LogP contribution in [0.3, 0.4) is 0 Å². The second-order valence-corrected chi connectivity index (χ2v) is 3.95. The van der Waals surface area contributed by atoms with Crippen molar-refractivity contribution in [1.29, 1.82) is 5.26 Å². The molecule has 0 aliphatic carbocycles. The number of carbonyl (C=O) groups is 1. The maximum atomic E-state index is 11.5. The molecule has 0 bridgehead atoms. The zero-order chi connectivity index (χ0) is 14.0. The van der Waals surface area contributed by atoms with Crippen LogP contribution in [0.1, 0.15) is 21.6 Å². The standard InChI is InChI=1S/C13H12N4O2/c1-8-4-3-5-9(6-14)12(8)17-7-10(15)11(16-17)13(18)19-2/h3-5,7H,15H2,1-2H3. The van der Waals surface area contributed by atoms with Crippen LogP contribution in [0.15, 0.2) is 24.4 Å². The second kappa shape index (κ2) is 4.82. The summed E-state index contributed by atoms with van der Waals surface area (Å²) in [6.07, 6.45) is 1.50. The summed E-state index contributed by atoms with van der Waals surface area (Å²) in [7, 11) is 1.26. The fraction of sp³-hybridized carbons (Fsp3) is 0.154. The minimum atomic E-state index is -0.608. The van der Waals surface area contributed by atoms with Gasteiger partial charge in [-0.05, 0) is 18.6 Å². The highest BCUT2D eigenvalue weighted by atomic mass is 16.5. The molecule has 1 aromatic carbocycles. The summed E-state index contributed by atoms with van der Waals surface area (Å²) in [5.74, 6) is -0.608. The number of benzene rings is 1. The normalized spacial score (nSPS) is 9.95. The Bertz CT molecular complexity index is 682. The van der Waals surface area contributed by atoms with E-state index < -0.39 is 5.97 Å². The van der Waals surface area contributed by atoms with E-state index >= 15 is 0 Å². The van der Waals surface area contributed by atoms with Gasteiger partial charge < -0.3 is 10.5 Å². The summed E-state index contributed by atoms with van der Waals surface area (Å²) in [4.78, 5) is 11.5. The van der Waals surface area contributed by atoms with Crippen LogP contribution < -0.4 is 5.73 Å². The van der Waals surface area contributed by atoms with Crippen molar-refractivity contribution in [3.05, 3.63) is 41.2 Å². The zero-order valence-electron chi connectivity index (χ0n) is 10.5. The number of hydrogen-bond donors (Lipinski definition) is 1. The first kappa shape index (κ1) is 12.6. The van der Waals surface area contributed by atoms with E-state index in [1.807, 2.05) is 13.0 Å². The number of nitrogen functional groups attached to an aromatic ring is 1. The molecule has 6 nitrogen and oxygen atoms in total. The van der Waals surface area contributed by atoms with E-state index in [1.165, 1.54) is 18.0 Å². The molecule has 0 radical (unpaired) electrons. The summed E-state index contributed by atoms with van der Waals surface area (Å²) in [5, 5.41) is 13.2. The van der Waals surface area contributed by atoms with Crippen LogP contribution in [0.2, 0.25) is 0 Å². The second-order valence-electron chi connectivity index (χ2n) is 3.95. The molecule has 0 fully saturated rings. The molecule has 0 amide bonds. The molecule has 0 spiro atoms. The van der Waals surface area contributed by atoms with Gasteiger partial charge in [-0.25, -0.2) is 9.48 Å². The SMILES string of the molecule is COC(=O)c1nn(-c2c(C)cccc2C#N)cc1N. The monoisotopic (exact) mass is 256 g/mol. The summed E-state index contributed by atoms with van der Waals surface area (Å²) < 4.78 is 6.02. The van der Waals surface area contributed by atoms with Crippen molar-refractivity contribution in [3.8, 4) is 11.8 Å². The number of nitriles is 1. The number of nitrogens with two attached hydrogens (primary N) is 1. The molecule has 1 heterocycles. The molecule has 0 saturated heterocycles. The molecule has 96 valence electrons. The fourth-order valence-electron chi connectivity index (χ4n) is 1.81. The molecule has 0 aliphatic heterocycles. The van der Waals surface area contributed by atoms with E-state index in [4.69, 9.17) is 11.0 Å². The number of rotatable bonds is 2. The number of anilines is 1. The molecular weight excluding hydrogens is 244 g/mol. The highest BCUT2D eigenvalue weighted by Gasteiger charge is 2.17. The smallest absolute Gasteiger partial charge is 0.360 e. The average molecular weight is 256 g/mol. The van der Waals surface area contributed by atoms with Gasteiger partial charge in [0.15, 0.2) is 5.69 Å². The van der Waals surface area contributed by atoms with E-state index in [0.717, 1.165) is 5.56 Å². The van der Waals surface area contributed by atoms with Crippen LogP contribution in [-0.4, -0.2) is 22.9 Å². The topological polar surface area (TPSA) is 93.9 Å². The minimum absolute atomic E-state index is 0.0367. The lowest BCUT2D eigenvalue weighted by Crippen LogP contribution is -2.07. The van der Waals surface area contributed by atoms with Gasteiger partial charge in [-0.3, -0.25) is 0 Å². The van der Waals surface area contributed by atoms with Gasteiger partial charge >= 0.3 is 5.97 Å². The Morgan fingerprint density at radius 2 is 2.26 bits per heavy atom. The summed E-state index contributed by atoms with van der Waals surface area (Å²) in [5.41, 5.74) is 7.89. The van der Waals surface area contributed by atoms with Gasteiger partial charge in [-0.15, -0.1) is 0 Å². The third kappa shape index (κ3) is 2.13. The molecule has 19 heavy (non-hydrogen) atoms. The molecule has 0 unspecified atom stereocenters. The molecule has 0 aliphatic rings. The lowest BCUT2D eigenvalue weighted by molar-refractivity contribution is 0.0594. The Labute approximate surface area is 110 Å². The van der Waals surface area contributed by atoms with Gasteiger partial charge in [0.05, 0.1) is 30.2 Å². The number of ether oxygens (including phenoxy) is 1. The molecule has 1 aromatic heterocycles. The lowest BCUT2D eigenvalue weighted by atomic mass is 10.1. The van der Waals surface area contributed by atoms with Gasteiger partial charge in [-0.1, -0.05) is 12.1 Å². The number of nitrogens with zero attached hydrogens (tertiary/aromatic N) is 3. The quantitative estimate of drug-likeness (QED) is 0.820. The first-order valence-corrected chi connectivity index (χ1v) is 5.52. The van der Waals surface area contributed by atoms with Gasteiger partial charge in [0.1, 0.15) is 6.07 Å². The highest BCUT2D eigenvalue weighted by molar-refractivity contribution is 5.92. The minimum Gasteiger partial charge on any atom is -0.464 e. The molecular formula is C13H12N4O2. The Hall–Kier alpha value is -2.81. The molecule has 0 saturated carbocycles. The number of para-hydroxylation sites is 1. The Kier molecular flexibility index (Phi) is 3.21. The van der Waals surface area contributed by atoms with Crippen LogP contribution >= 0.6 is 0 Å². The number of methoxy groups -OCH3 is 1. The Balaban J connectivity index is 2.62. The maximum absolute atomic E-state index is 11.5. The highest BCUT2D eigenvalue weighted by Crippen LogP contribution is 2.21. The first-order chi connectivity index (χ1) is 9.08.